The highest BCUT2D eigenvalue weighted by Crippen LogP contribution is 2.48. The SMILES string of the molecule is COc1cccc(C2c3c(ncn(-c4ccc(NC(C)=O)cc4)c3=N)Oc3ccc4ccccc4c32)c1. The molecular formula is C30H24N4O3. The van der Waals surface area contributed by atoms with E-state index in [4.69, 9.17) is 9.47 Å². The maximum atomic E-state index is 11.4. The van der Waals surface area contributed by atoms with Crippen molar-refractivity contribution in [2.24, 2.45) is 0 Å². The zero-order chi connectivity index (χ0) is 25.5. The van der Waals surface area contributed by atoms with Gasteiger partial charge in [-0.3, -0.25) is 14.8 Å². The standard InChI is InChI=1S/C30H24N4O3/c1-18(35)33-21-11-13-22(14-12-21)34-17-32-30-28(29(34)31)26(20-7-5-8-23(16-20)36-2)27-24-9-4-3-6-19(24)10-15-25(27)37-30/h3-17,26,31H,1-2H3,(H,33,35). The summed E-state index contributed by atoms with van der Waals surface area (Å²) in [5.74, 6) is 1.44. The molecule has 6 rings (SSSR count). The van der Waals surface area contributed by atoms with Gasteiger partial charge < -0.3 is 14.8 Å². The van der Waals surface area contributed by atoms with E-state index in [1.807, 2.05) is 72.8 Å². The van der Waals surface area contributed by atoms with E-state index >= 15 is 0 Å². The highest BCUT2D eigenvalue weighted by atomic mass is 16.5. The van der Waals surface area contributed by atoms with E-state index in [1.54, 1.807) is 18.0 Å². The number of benzene rings is 4. The van der Waals surface area contributed by atoms with Crippen molar-refractivity contribution in [2.45, 2.75) is 12.8 Å². The van der Waals surface area contributed by atoms with Crippen LogP contribution in [0.2, 0.25) is 0 Å². The number of fused-ring (bicyclic) bond motifs is 4. The Balaban J connectivity index is 1.59. The molecule has 0 saturated heterocycles. The predicted molar refractivity (Wildman–Crippen MR) is 142 cm³/mol. The Hall–Kier alpha value is -4.91. The first-order valence-corrected chi connectivity index (χ1v) is 11.9. The summed E-state index contributed by atoms with van der Waals surface area (Å²) in [6.07, 6.45) is 1.60. The summed E-state index contributed by atoms with van der Waals surface area (Å²) >= 11 is 0. The van der Waals surface area contributed by atoms with Gasteiger partial charge in [-0.15, -0.1) is 0 Å². The van der Waals surface area contributed by atoms with Gasteiger partial charge in [0.05, 0.1) is 12.7 Å². The fraction of sp³-hybridized carbons (Fsp3) is 0.100. The number of methoxy groups -OCH3 is 1. The number of carbonyl (C=O) groups is 1. The maximum Gasteiger partial charge on any atom is 0.228 e. The first kappa shape index (κ1) is 22.5. The molecule has 1 aliphatic rings. The van der Waals surface area contributed by atoms with Crippen molar-refractivity contribution in [3.05, 3.63) is 113 Å². The van der Waals surface area contributed by atoms with Crippen LogP contribution in [0.15, 0.2) is 91.3 Å². The van der Waals surface area contributed by atoms with Gasteiger partial charge in [-0.1, -0.05) is 42.5 Å². The molecule has 7 nitrogen and oxygen atoms in total. The monoisotopic (exact) mass is 488 g/mol. The van der Waals surface area contributed by atoms with Crippen molar-refractivity contribution in [2.75, 3.05) is 12.4 Å². The quantitative estimate of drug-likeness (QED) is 0.330. The largest absolute Gasteiger partial charge is 0.497 e. The number of nitrogens with zero attached hydrogens (tertiary/aromatic N) is 2. The molecule has 7 heteroatoms. The second kappa shape index (κ2) is 8.95. The predicted octanol–water partition coefficient (Wildman–Crippen LogP) is 5.76. The summed E-state index contributed by atoms with van der Waals surface area (Å²) in [6.45, 7) is 1.47. The minimum absolute atomic E-state index is 0.138. The van der Waals surface area contributed by atoms with E-state index in [-0.39, 0.29) is 17.3 Å². The van der Waals surface area contributed by atoms with Gasteiger partial charge >= 0.3 is 0 Å². The third-order valence-corrected chi connectivity index (χ3v) is 6.62. The molecule has 1 amide bonds. The molecule has 1 aliphatic heterocycles. The zero-order valence-corrected chi connectivity index (χ0v) is 20.4. The lowest BCUT2D eigenvalue weighted by Gasteiger charge is -2.30. The molecule has 4 aromatic carbocycles. The fourth-order valence-electron chi connectivity index (χ4n) is 4.98. The summed E-state index contributed by atoms with van der Waals surface area (Å²) in [5, 5.41) is 14.2. The molecule has 0 spiro atoms. The number of nitrogens with one attached hydrogen (secondary N) is 2. The number of aromatic nitrogens is 2. The molecule has 1 atom stereocenters. The Morgan fingerprint density at radius 1 is 1.00 bits per heavy atom. The van der Waals surface area contributed by atoms with Gasteiger partial charge in [0.1, 0.15) is 23.3 Å². The van der Waals surface area contributed by atoms with Crippen LogP contribution in [0, 0.1) is 5.41 Å². The average molecular weight is 489 g/mol. The number of hydrogen-bond donors (Lipinski definition) is 2. The summed E-state index contributed by atoms with van der Waals surface area (Å²) in [7, 11) is 1.65. The van der Waals surface area contributed by atoms with Crippen LogP contribution in [-0.4, -0.2) is 22.6 Å². The van der Waals surface area contributed by atoms with Gasteiger partial charge in [-0.25, -0.2) is 4.98 Å². The molecule has 0 radical (unpaired) electrons. The van der Waals surface area contributed by atoms with Crippen LogP contribution in [-0.2, 0) is 4.79 Å². The minimum atomic E-state index is -0.300. The number of hydrogen-bond acceptors (Lipinski definition) is 5. The molecule has 1 aromatic heterocycles. The number of anilines is 1. The van der Waals surface area contributed by atoms with Gasteiger partial charge in [-0.05, 0) is 58.8 Å². The fourth-order valence-corrected chi connectivity index (χ4v) is 4.98. The van der Waals surface area contributed by atoms with E-state index in [0.717, 1.165) is 39.1 Å². The summed E-state index contributed by atoms with van der Waals surface area (Å²) in [5.41, 5.74) is 4.35. The molecule has 0 fully saturated rings. The van der Waals surface area contributed by atoms with Crippen LogP contribution >= 0.6 is 0 Å². The van der Waals surface area contributed by atoms with Crippen molar-refractivity contribution in [3.8, 4) is 23.1 Å². The van der Waals surface area contributed by atoms with Gasteiger partial charge in [-0.2, -0.15) is 0 Å². The lowest BCUT2D eigenvalue weighted by atomic mass is 9.81. The van der Waals surface area contributed by atoms with E-state index in [9.17, 15) is 10.2 Å². The number of amides is 1. The summed E-state index contributed by atoms with van der Waals surface area (Å²) in [4.78, 5) is 16.1. The third-order valence-electron chi connectivity index (χ3n) is 6.62. The molecule has 2 heterocycles. The molecular weight excluding hydrogens is 464 g/mol. The van der Waals surface area contributed by atoms with Crippen LogP contribution in [0.5, 0.6) is 17.4 Å². The van der Waals surface area contributed by atoms with Gasteiger partial charge in [0, 0.05) is 29.8 Å². The Kier molecular flexibility index (Phi) is 5.45. The van der Waals surface area contributed by atoms with Gasteiger partial charge in [0.25, 0.3) is 0 Å². The first-order chi connectivity index (χ1) is 18.0. The average Bonchev–Trinajstić information content (AvgIpc) is 2.92. The van der Waals surface area contributed by atoms with Crippen molar-refractivity contribution in [1.29, 1.82) is 5.41 Å². The lowest BCUT2D eigenvalue weighted by molar-refractivity contribution is -0.114. The zero-order valence-electron chi connectivity index (χ0n) is 20.4. The van der Waals surface area contributed by atoms with Gasteiger partial charge in [0.15, 0.2) is 0 Å². The molecule has 5 aromatic rings. The molecule has 0 bridgehead atoms. The lowest BCUT2D eigenvalue weighted by Crippen LogP contribution is -2.29. The maximum absolute atomic E-state index is 11.4. The molecule has 0 aliphatic carbocycles. The molecule has 37 heavy (non-hydrogen) atoms. The Labute approximate surface area is 213 Å². The number of carbonyl (C=O) groups excluding carboxylic acids is 1. The molecule has 0 saturated carbocycles. The second-order valence-electron chi connectivity index (χ2n) is 8.92. The Bertz CT molecular complexity index is 1720. The summed E-state index contributed by atoms with van der Waals surface area (Å²) < 4.78 is 13.6. The Morgan fingerprint density at radius 3 is 2.59 bits per heavy atom. The topological polar surface area (TPSA) is 89.2 Å². The molecule has 1 unspecified atom stereocenters. The van der Waals surface area contributed by atoms with E-state index in [0.29, 0.717) is 17.1 Å². The number of rotatable bonds is 4. The van der Waals surface area contributed by atoms with Crippen LogP contribution in [0.4, 0.5) is 5.69 Å². The highest BCUT2D eigenvalue weighted by molar-refractivity contribution is 5.90. The van der Waals surface area contributed by atoms with E-state index in [2.05, 4.69) is 22.4 Å². The highest BCUT2D eigenvalue weighted by Gasteiger charge is 2.33. The summed E-state index contributed by atoms with van der Waals surface area (Å²) in [6, 6.07) is 27.5. The van der Waals surface area contributed by atoms with E-state index in [1.165, 1.54) is 6.92 Å². The van der Waals surface area contributed by atoms with Crippen molar-refractivity contribution in [3.63, 3.8) is 0 Å². The van der Waals surface area contributed by atoms with Crippen LogP contribution in [0.25, 0.3) is 16.5 Å². The van der Waals surface area contributed by atoms with Crippen LogP contribution in [0.3, 0.4) is 0 Å². The van der Waals surface area contributed by atoms with Crippen molar-refractivity contribution < 1.29 is 14.3 Å². The second-order valence-corrected chi connectivity index (χ2v) is 8.92. The Morgan fingerprint density at radius 2 is 1.81 bits per heavy atom. The van der Waals surface area contributed by atoms with Crippen LogP contribution in [0.1, 0.15) is 29.5 Å². The smallest absolute Gasteiger partial charge is 0.228 e. The van der Waals surface area contributed by atoms with E-state index < -0.39 is 0 Å². The van der Waals surface area contributed by atoms with Crippen molar-refractivity contribution >= 4 is 22.4 Å². The molecule has 182 valence electrons. The minimum Gasteiger partial charge on any atom is -0.497 e. The normalized spacial score (nSPS) is 13.8. The third kappa shape index (κ3) is 3.90. The number of ether oxygens (including phenoxy) is 2. The van der Waals surface area contributed by atoms with Crippen LogP contribution < -0.4 is 20.3 Å². The van der Waals surface area contributed by atoms with Crippen molar-refractivity contribution in [1.82, 2.24) is 9.55 Å². The first-order valence-electron chi connectivity index (χ1n) is 11.9. The van der Waals surface area contributed by atoms with Gasteiger partial charge in [0.2, 0.25) is 11.8 Å². The molecule has 2 N–H and O–H groups in total.